The second-order valence-corrected chi connectivity index (χ2v) is 9.65. The zero-order valence-electron chi connectivity index (χ0n) is 22.4. The third-order valence-corrected chi connectivity index (χ3v) is 6.16. The number of carbonyl (C=O) groups is 3. The van der Waals surface area contributed by atoms with Gasteiger partial charge in [0.15, 0.2) is 29.6 Å². The Bertz CT molecular complexity index is 1550. The number of hydrogen-bond acceptors (Lipinski definition) is 8. The highest BCUT2D eigenvalue weighted by molar-refractivity contribution is 9.10. The molecule has 0 spiro atoms. The summed E-state index contributed by atoms with van der Waals surface area (Å²) in [4.78, 5) is 36.6. The monoisotopic (exact) mass is 664 g/mol. The van der Waals surface area contributed by atoms with Crippen molar-refractivity contribution < 1.29 is 46.5 Å². The standard InChI is InChI=1S/C28H24BrF3N4O7/c1-2-40-23-10-17(13-34-36-27(39)26(38)33-12-16-3-8-22-24(9-16)43-15-42-22)4-7-21(23)41-14-25(37)35-20-6-5-18(29)11-19(20)28(30,31)32/h3-11,13H,2,12,14-15H2,1H3,(H,33,38)(H,35,37)(H,36,39)/b34-13-. The van der Waals surface area contributed by atoms with Gasteiger partial charge < -0.3 is 29.6 Å². The van der Waals surface area contributed by atoms with Gasteiger partial charge in [-0.05, 0) is 66.6 Å². The molecule has 0 fully saturated rings. The number of nitrogens with zero attached hydrogens (tertiary/aromatic N) is 1. The molecule has 11 nitrogen and oxygen atoms in total. The Morgan fingerprint density at radius 2 is 1.77 bits per heavy atom. The van der Waals surface area contributed by atoms with Crippen LogP contribution in [0.3, 0.4) is 0 Å². The van der Waals surface area contributed by atoms with Gasteiger partial charge in [-0.15, -0.1) is 0 Å². The summed E-state index contributed by atoms with van der Waals surface area (Å²) < 4.78 is 61.7. The van der Waals surface area contributed by atoms with E-state index in [4.69, 9.17) is 18.9 Å². The number of fused-ring (bicyclic) bond motifs is 1. The van der Waals surface area contributed by atoms with E-state index in [1.165, 1.54) is 30.5 Å². The van der Waals surface area contributed by atoms with Crippen molar-refractivity contribution >= 4 is 45.6 Å². The Kier molecular flexibility index (Phi) is 10.1. The second-order valence-electron chi connectivity index (χ2n) is 8.73. The molecule has 1 heterocycles. The van der Waals surface area contributed by atoms with Crippen molar-refractivity contribution in [3.05, 3.63) is 75.8 Å². The van der Waals surface area contributed by atoms with Crippen LogP contribution in [0.5, 0.6) is 23.0 Å². The highest BCUT2D eigenvalue weighted by Crippen LogP contribution is 2.37. The van der Waals surface area contributed by atoms with Crippen LogP contribution in [0.2, 0.25) is 0 Å². The van der Waals surface area contributed by atoms with E-state index in [1.54, 1.807) is 25.1 Å². The molecular weight excluding hydrogens is 641 g/mol. The number of alkyl halides is 3. The van der Waals surface area contributed by atoms with Gasteiger partial charge in [0.05, 0.1) is 24.1 Å². The normalized spacial score (nSPS) is 12.1. The van der Waals surface area contributed by atoms with Crippen LogP contribution in [-0.2, 0) is 27.1 Å². The molecule has 4 rings (SSSR count). The molecule has 0 aliphatic carbocycles. The number of anilines is 1. The molecule has 0 aromatic heterocycles. The third-order valence-electron chi connectivity index (χ3n) is 5.66. The van der Waals surface area contributed by atoms with Crippen molar-refractivity contribution in [2.45, 2.75) is 19.6 Å². The smallest absolute Gasteiger partial charge is 0.418 e. The van der Waals surface area contributed by atoms with Gasteiger partial charge in [0.2, 0.25) is 6.79 Å². The first-order valence-corrected chi connectivity index (χ1v) is 13.4. The molecule has 0 atom stereocenters. The molecule has 3 amide bonds. The zero-order valence-corrected chi connectivity index (χ0v) is 24.0. The summed E-state index contributed by atoms with van der Waals surface area (Å²) in [6.45, 7) is 1.55. The molecule has 0 unspecified atom stereocenters. The minimum absolute atomic E-state index is 0.0798. The number of nitrogens with one attached hydrogen (secondary N) is 3. The van der Waals surface area contributed by atoms with Gasteiger partial charge in [-0.1, -0.05) is 22.0 Å². The first-order chi connectivity index (χ1) is 20.5. The van der Waals surface area contributed by atoms with E-state index in [-0.39, 0.29) is 35.9 Å². The minimum Gasteiger partial charge on any atom is -0.490 e. The Balaban J connectivity index is 1.30. The Hall–Kier alpha value is -4.79. The Morgan fingerprint density at radius 1 is 0.977 bits per heavy atom. The number of benzene rings is 3. The molecule has 0 saturated carbocycles. The van der Waals surface area contributed by atoms with E-state index in [2.05, 4.69) is 37.1 Å². The zero-order chi connectivity index (χ0) is 31.0. The van der Waals surface area contributed by atoms with Crippen LogP contribution >= 0.6 is 15.9 Å². The van der Waals surface area contributed by atoms with Gasteiger partial charge in [0, 0.05) is 11.0 Å². The molecule has 0 saturated heterocycles. The van der Waals surface area contributed by atoms with Gasteiger partial charge in [-0.2, -0.15) is 18.3 Å². The quantitative estimate of drug-likeness (QED) is 0.166. The first-order valence-electron chi connectivity index (χ1n) is 12.6. The number of halogens is 4. The summed E-state index contributed by atoms with van der Waals surface area (Å²) in [5, 5.41) is 8.45. The number of ether oxygens (including phenoxy) is 4. The summed E-state index contributed by atoms with van der Waals surface area (Å²) in [6.07, 6.45) is -3.42. The lowest BCUT2D eigenvalue weighted by Gasteiger charge is -2.15. The summed E-state index contributed by atoms with van der Waals surface area (Å²) in [7, 11) is 0. The van der Waals surface area contributed by atoms with Crippen LogP contribution in [-0.4, -0.2) is 43.9 Å². The second kappa shape index (κ2) is 13.9. The van der Waals surface area contributed by atoms with Crippen LogP contribution in [0.4, 0.5) is 18.9 Å². The Morgan fingerprint density at radius 3 is 2.53 bits per heavy atom. The van der Waals surface area contributed by atoms with Gasteiger partial charge in [0.1, 0.15) is 0 Å². The summed E-state index contributed by atoms with van der Waals surface area (Å²) in [5.41, 5.74) is 1.85. The predicted octanol–water partition coefficient (Wildman–Crippen LogP) is 4.38. The van der Waals surface area contributed by atoms with Crippen LogP contribution < -0.4 is 35.0 Å². The van der Waals surface area contributed by atoms with Crippen LogP contribution in [0.1, 0.15) is 23.6 Å². The average molecular weight is 665 g/mol. The van der Waals surface area contributed by atoms with E-state index < -0.39 is 41.8 Å². The van der Waals surface area contributed by atoms with Crippen molar-refractivity contribution in [1.29, 1.82) is 0 Å². The Labute approximate surface area is 251 Å². The number of hydrogen-bond donors (Lipinski definition) is 3. The van der Waals surface area contributed by atoms with Crippen molar-refractivity contribution in [3.8, 4) is 23.0 Å². The largest absolute Gasteiger partial charge is 0.490 e. The van der Waals surface area contributed by atoms with Gasteiger partial charge in [-0.3, -0.25) is 14.4 Å². The number of amides is 3. The summed E-state index contributed by atoms with van der Waals surface area (Å²) >= 11 is 2.99. The maximum absolute atomic E-state index is 13.3. The van der Waals surface area contributed by atoms with Gasteiger partial charge in [0.25, 0.3) is 5.91 Å². The van der Waals surface area contributed by atoms with Crippen molar-refractivity contribution in [1.82, 2.24) is 10.7 Å². The molecule has 0 bridgehead atoms. The molecular formula is C28H24BrF3N4O7. The highest BCUT2D eigenvalue weighted by Gasteiger charge is 2.34. The fourth-order valence-corrected chi connectivity index (χ4v) is 4.07. The van der Waals surface area contributed by atoms with Crippen LogP contribution in [0, 0.1) is 0 Å². The maximum Gasteiger partial charge on any atom is 0.418 e. The number of rotatable bonds is 10. The van der Waals surface area contributed by atoms with Crippen LogP contribution in [0.15, 0.2) is 64.2 Å². The number of carbonyl (C=O) groups excluding carboxylic acids is 3. The molecule has 3 aromatic rings. The van der Waals surface area contributed by atoms with E-state index in [1.807, 2.05) is 0 Å². The molecule has 3 N–H and O–H groups in total. The maximum atomic E-state index is 13.3. The summed E-state index contributed by atoms with van der Waals surface area (Å²) in [5.74, 6) is -1.21. The molecule has 226 valence electrons. The fourth-order valence-electron chi connectivity index (χ4n) is 3.71. The lowest BCUT2D eigenvalue weighted by molar-refractivity contribution is -0.139. The lowest BCUT2D eigenvalue weighted by Crippen LogP contribution is -2.37. The van der Waals surface area contributed by atoms with E-state index in [0.717, 1.165) is 12.1 Å². The minimum atomic E-state index is -4.68. The average Bonchev–Trinajstić information content (AvgIpc) is 3.44. The third kappa shape index (κ3) is 8.61. The molecule has 3 aromatic carbocycles. The molecule has 43 heavy (non-hydrogen) atoms. The number of hydrazone groups is 1. The molecule has 1 aliphatic heterocycles. The van der Waals surface area contributed by atoms with Crippen molar-refractivity contribution in [2.75, 3.05) is 25.3 Å². The fraction of sp³-hybridized carbons (Fsp3) is 0.214. The van der Waals surface area contributed by atoms with E-state index in [9.17, 15) is 27.6 Å². The molecule has 1 aliphatic rings. The molecule has 15 heteroatoms. The van der Waals surface area contributed by atoms with E-state index >= 15 is 0 Å². The van der Waals surface area contributed by atoms with Crippen LogP contribution in [0.25, 0.3) is 0 Å². The SMILES string of the molecule is CCOc1cc(/C=N\NC(=O)C(=O)NCc2ccc3c(c2)OCO3)ccc1OCC(=O)Nc1ccc(Br)cc1C(F)(F)F. The predicted molar refractivity (Wildman–Crippen MR) is 151 cm³/mol. The summed E-state index contributed by atoms with van der Waals surface area (Å²) in [6, 6.07) is 13.0. The van der Waals surface area contributed by atoms with E-state index in [0.29, 0.717) is 22.6 Å². The van der Waals surface area contributed by atoms with Gasteiger partial charge >= 0.3 is 18.0 Å². The lowest BCUT2D eigenvalue weighted by atomic mass is 10.1. The van der Waals surface area contributed by atoms with Crippen molar-refractivity contribution in [2.24, 2.45) is 5.10 Å². The van der Waals surface area contributed by atoms with Gasteiger partial charge in [-0.25, -0.2) is 5.43 Å². The highest BCUT2D eigenvalue weighted by atomic mass is 79.9. The first kappa shape index (κ1) is 31.2. The molecule has 0 radical (unpaired) electrons. The van der Waals surface area contributed by atoms with Crippen molar-refractivity contribution in [3.63, 3.8) is 0 Å². The topological polar surface area (TPSA) is 137 Å².